The van der Waals surface area contributed by atoms with Crippen molar-refractivity contribution in [2.45, 2.75) is 51.7 Å². The van der Waals surface area contributed by atoms with Crippen molar-refractivity contribution in [3.8, 4) is 11.5 Å². The van der Waals surface area contributed by atoms with Gasteiger partial charge >= 0.3 is 0 Å². The Bertz CT molecular complexity index is 655. The Morgan fingerprint density at radius 1 is 1.33 bits per heavy atom. The first kappa shape index (κ1) is 19.1. The van der Waals surface area contributed by atoms with Gasteiger partial charge in [-0.3, -0.25) is 0 Å². The fourth-order valence-electron chi connectivity index (χ4n) is 3.01. The maximum absolute atomic E-state index is 11.5. The summed E-state index contributed by atoms with van der Waals surface area (Å²) in [5, 5.41) is 3.56. The smallest absolute Gasteiger partial charge is 0.150 e. The van der Waals surface area contributed by atoms with Gasteiger partial charge in [0.25, 0.3) is 0 Å². The van der Waals surface area contributed by atoms with Crippen LogP contribution in [0.3, 0.4) is 0 Å². The van der Waals surface area contributed by atoms with Crippen molar-refractivity contribution in [1.82, 2.24) is 5.32 Å². The van der Waals surface area contributed by atoms with Crippen molar-refractivity contribution < 1.29 is 17.9 Å². The van der Waals surface area contributed by atoms with E-state index in [1.165, 1.54) is 0 Å². The predicted octanol–water partition coefficient (Wildman–Crippen LogP) is 3.10. The summed E-state index contributed by atoms with van der Waals surface area (Å²) in [7, 11) is -1.21. The predicted molar refractivity (Wildman–Crippen MR) is 96.6 cm³/mol. The molecule has 0 aliphatic carbocycles. The molecule has 1 aliphatic rings. The number of sulfone groups is 1. The Balaban J connectivity index is 1.96. The minimum Gasteiger partial charge on any atom is -0.497 e. The number of ether oxygens (including phenoxy) is 2. The first-order valence-electron chi connectivity index (χ1n) is 8.57. The van der Waals surface area contributed by atoms with E-state index < -0.39 is 9.84 Å². The molecule has 0 saturated heterocycles. The van der Waals surface area contributed by atoms with Gasteiger partial charge in [-0.05, 0) is 39.3 Å². The summed E-state index contributed by atoms with van der Waals surface area (Å²) in [6.45, 7) is 6.66. The fourth-order valence-corrected chi connectivity index (χ4v) is 3.94. The highest BCUT2D eigenvalue weighted by atomic mass is 32.2. The van der Waals surface area contributed by atoms with E-state index in [2.05, 4.69) is 19.2 Å². The van der Waals surface area contributed by atoms with Crippen molar-refractivity contribution in [3.63, 3.8) is 0 Å². The first-order chi connectivity index (χ1) is 11.3. The minimum absolute atomic E-state index is 0.206. The van der Waals surface area contributed by atoms with Crippen LogP contribution >= 0.6 is 0 Å². The molecule has 1 aliphatic heterocycles. The van der Waals surface area contributed by atoms with Crippen LogP contribution in [-0.4, -0.2) is 39.2 Å². The van der Waals surface area contributed by atoms with Gasteiger partial charge in [0.05, 0.1) is 12.9 Å². The zero-order chi connectivity index (χ0) is 17.8. The van der Waals surface area contributed by atoms with Crippen LogP contribution in [0.4, 0.5) is 0 Å². The molecule has 2 rings (SSSR count). The first-order valence-corrected chi connectivity index (χ1v) is 10.4. The van der Waals surface area contributed by atoms with Gasteiger partial charge in [0.15, 0.2) is 0 Å². The molecule has 1 heterocycles. The van der Waals surface area contributed by atoms with Crippen LogP contribution < -0.4 is 14.8 Å². The molecule has 5 nitrogen and oxygen atoms in total. The lowest BCUT2D eigenvalue weighted by molar-refractivity contribution is 0.0657. The molecule has 0 spiro atoms. The minimum atomic E-state index is -2.86. The Hall–Kier alpha value is -1.27. The van der Waals surface area contributed by atoms with Crippen molar-refractivity contribution in [2.75, 3.05) is 25.2 Å². The number of hydrogen-bond donors (Lipinski definition) is 1. The van der Waals surface area contributed by atoms with E-state index in [0.29, 0.717) is 6.42 Å². The lowest BCUT2D eigenvalue weighted by atomic mass is 9.89. The molecular weight excluding hydrogens is 326 g/mol. The number of benzene rings is 1. The quantitative estimate of drug-likeness (QED) is 0.726. The number of unbranched alkanes of at least 4 members (excludes halogenated alkanes) is 1. The maximum atomic E-state index is 11.5. The van der Waals surface area contributed by atoms with Crippen LogP contribution in [0, 0.1) is 0 Å². The van der Waals surface area contributed by atoms with Gasteiger partial charge in [0, 0.05) is 29.8 Å². The van der Waals surface area contributed by atoms with Gasteiger partial charge in [-0.2, -0.15) is 0 Å². The summed E-state index contributed by atoms with van der Waals surface area (Å²) in [5.41, 5.74) is 0.888. The molecule has 136 valence electrons. The normalized spacial score (nSPS) is 19.4. The molecule has 0 fully saturated rings. The van der Waals surface area contributed by atoms with Crippen LogP contribution in [0.15, 0.2) is 18.2 Å². The topological polar surface area (TPSA) is 64.6 Å². The Morgan fingerprint density at radius 2 is 2.08 bits per heavy atom. The van der Waals surface area contributed by atoms with Crippen LogP contribution in [0.25, 0.3) is 0 Å². The van der Waals surface area contributed by atoms with Crippen molar-refractivity contribution in [1.29, 1.82) is 0 Å². The Morgan fingerprint density at radius 3 is 2.75 bits per heavy atom. The highest BCUT2D eigenvalue weighted by Gasteiger charge is 2.33. The van der Waals surface area contributed by atoms with Crippen LogP contribution in [0.5, 0.6) is 11.5 Å². The van der Waals surface area contributed by atoms with Gasteiger partial charge in [-0.1, -0.05) is 13.0 Å². The molecule has 0 aromatic heterocycles. The van der Waals surface area contributed by atoms with Gasteiger partial charge < -0.3 is 14.8 Å². The monoisotopic (exact) mass is 355 g/mol. The molecule has 6 heteroatoms. The zero-order valence-corrected chi connectivity index (χ0v) is 15.9. The van der Waals surface area contributed by atoms with E-state index in [1.807, 2.05) is 18.2 Å². The molecule has 1 unspecified atom stereocenters. The molecule has 1 aromatic carbocycles. The average molecular weight is 356 g/mol. The van der Waals surface area contributed by atoms with E-state index in [0.717, 1.165) is 36.4 Å². The lowest BCUT2D eigenvalue weighted by Crippen LogP contribution is -2.39. The van der Waals surface area contributed by atoms with Gasteiger partial charge in [-0.15, -0.1) is 0 Å². The summed E-state index contributed by atoms with van der Waals surface area (Å²) in [5.74, 6) is 2.15. The van der Waals surface area contributed by atoms with E-state index in [-0.39, 0.29) is 23.1 Å². The van der Waals surface area contributed by atoms with E-state index in [1.54, 1.807) is 14.0 Å². The van der Waals surface area contributed by atoms with Crippen molar-refractivity contribution in [2.24, 2.45) is 0 Å². The zero-order valence-electron chi connectivity index (χ0n) is 15.1. The Kier molecular flexibility index (Phi) is 6.15. The third kappa shape index (κ3) is 5.11. The molecule has 0 saturated carbocycles. The molecule has 0 radical (unpaired) electrons. The van der Waals surface area contributed by atoms with E-state index in [9.17, 15) is 8.42 Å². The molecule has 1 aromatic rings. The number of fused-ring (bicyclic) bond motifs is 1. The molecular formula is C18H29NO4S. The molecule has 1 atom stereocenters. The highest BCUT2D eigenvalue weighted by molar-refractivity contribution is 7.91. The summed E-state index contributed by atoms with van der Waals surface area (Å²) < 4.78 is 34.4. The SMILES string of the molecule is CCS(=O)(=O)CCCCNC1CC(C)(C)Oc2cc(OC)ccc21. The lowest BCUT2D eigenvalue weighted by Gasteiger charge is -2.38. The van der Waals surface area contributed by atoms with E-state index >= 15 is 0 Å². The summed E-state index contributed by atoms with van der Waals surface area (Å²) in [6, 6.07) is 6.13. The van der Waals surface area contributed by atoms with Crippen LogP contribution in [0.2, 0.25) is 0 Å². The third-order valence-electron chi connectivity index (χ3n) is 4.39. The van der Waals surface area contributed by atoms with Crippen LogP contribution in [-0.2, 0) is 9.84 Å². The van der Waals surface area contributed by atoms with Crippen molar-refractivity contribution >= 4 is 9.84 Å². The number of hydrogen-bond acceptors (Lipinski definition) is 5. The summed E-state index contributed by atoms with van der Waals surface area (Å²) in [4.78, 5) is 0. The average Bonchev–Trinajstić information content (AvgIpc) is 2.52. The molecule has 1 N–H and O–H groups in total. The number of rotatable bonds is 8. The summed E-state index contributed by atoms with van der Waals surface area (Å²) >= 11 is 0. The summed E-state index contributed by atoms with van der Waals surface area (Å²) in [6.07, 6.45) is 2.42. The van der Waals surface area contributed by atoms with Crippen molar-refractivity contribution in [3.05, 3.63) is 23.8 Å². The number of methoxy groups -OCH3 is 1. The second-order valence-corrected chi connectivity index (χ2v) is 9.39. The van der Waals surface area contributed by atoms with Crippen LogP contribution in [0.1, 0.15) is 51.6 Å². The second kappa shape index (κ2) is 7.74. The highest BCUT2D eigenvalue weighted by Crippen LogP contribution is 2.41. The van der Waals surface area contributed by atoms with Gasteiger partial charge in [-0.25, -0.2) is 8.42 Å². The molecule has 24 heavy (non-hydrogen) atoms. The fraction of sp³-hybridized carbons (Fsp3) is 0.667. The standard InChI is InChI=1S/C18H29NO4S/c1-5-24(20,21)11-7-6-10-19-16-13-18(2,3)23-17-12-14(22-4)8-9-15(16)17/h8-9,12,16,19H,5-7,10-11,13H2,1-4H3. The largest absolute Gasteiger partial charge is 0.497 e. The Labute approximate surface area is 145 Å². The number of nitrogens with one attached hydrogen (secondary N) is 1. The van der Waals surface area contributed by atoms with Gasteiger partial charge in [0.1, 0.15) is 26.9 Å². The molecule has 0 amide bonds. The third-order valence-corrected chi connectivity index (χ3v) is 6.18. The maximum Gasteiger partial charge on any atom is 0.150 e. The second-order valence-electron chi connectivity index (χ2n) is 6.92. The molecule has 0 bridgehead atoms. The van der Waals surface area contributed by atoms with E-state index in [4.69, 9.17) is 9.47 Å². The van der Waals surface area contributed by atoms with Gasteiger partial charge in [0.2, 0.25) is 0 Å².